The van der Waals surface area contributed by atoms with Crippen LogP contribution in [0.5, 0.6) is 0 Å². The van der Waals surface area contributed by atoms with Crippen LogP contribution in [0, 0.1) is 11.7 Å². The largest absolute Gasteiger partial charge is 0.327 e. The Bertz CT molecular complexity index is 605. The van der Waals surface area contributed by atoms with Crippen molar-refractivity contribution in [3.8, 4) is 0 Å². The van der Waals surface area contributed by atoms with Crippen LogP contribution in [0.3, 0.4) is 0 Å². The summed E-state index contributed by atoms with van der Waals surface area (Å²) < 4.78 is 15.5. The Morgan fingerprint density at radius 1 is 1.37 bits per heavy atom. The molecule has 0 aliphatic heterocycles. The van der Waals surface area contributed by atoms with E-state index in [9.17, 15) is 4.39 Å². The van der Waals surface area contributed by atoms with Crippen LogP contribution in [0.1, 0.15) is 31.5 Å². The molecule has 0 bridgehead atoms. The van der Waals surface area contributed by atoms with Crippen LogP contribution in [0.15, 0.2) is 12.1 Å². The maximum absolute atomic E-state index is 13.5. The molecule has 1 aliphatic carbocycles. The first-order valence-corrected chi connectivity index (χ1v) is 7.50. The van der Waals surface area contributed by atoms with Crippen molar-refractivity contribution >= 4 is 34.2 Å². The molecular weight excluding hydrogens is 286 g/mol. The molecular formula is C14H15Cl2FN2. The lowest BCUT2D eigenvalue weighted by atomic mass is 9.83. The summed E-state index contributed by atoms with van der Waals surface area (Å²) >= 11 is 11.8. The molecule has 0 saturated heterocycles. The lowest BCUT2D eigenvalue weighted by Crippen LogP contribution is -2.14. The van der Waals surface area contributed by atoms with E-state index in [4.69, 9.17) is 23.2 Å². The zero-order chi connectivity index (χ0) is 13.4. The Hall–Kier alpha value is -0.800. The van der Waals surface area contributed by atoms with Crippen LogP contribution in [0.4, 0.5) is 4.39 Å². The van der Waals surface area contributed by atoms with Crippen LogP contribution >= 0.6 is 23.2 Å². The molecule has 2 nitrogen and oxygen atoms in total. The fraction of sp³-hybridized carbons (Fsp3) is 0.500. The zero-order valence-electron chi connectivity index (χ0n) is 10.5. The van der Waals surface area contributed by atoms with Crippen molar-refractivity contribution in [1.82, 2.24) is 9.55 Å². The molecule has 1 fully saturated rings. The number of rotatable bonds is 4. The van der Waals surface area contributed by atoms with E-state index in [0.717, 1.165) is 30.2 Å². The first-order valence-electron chi connectivity index (χ1n) is 6.59. The van der Waals surface area contributed by atoms with Gasteiger partial charge >= 0.3 is 0 Å². The average Bonchev–Trinajstić information content (AvgIpc) is 2.66. The van der Waals surface area contributed by atoms with Crippen LogP contribution in [0.2, 0.25) is 5.02 Å². The molecule has 102 valence electrons. The molecule has 0 spiro atoms. The highest BCUT2D eigenvalue weighted by atomic mass is 35.5. The molecule has 0 unspecified atom stereocenters. The van der Waals surface area contributed by atoms with Crippen LogP contribution < -0.4 is 0 Å². The van der Waals surface area contributed by atoms with Gasteiger partial charge in [0.05, 0.1) is 21.9 Å². The van der Waals surface area contributed by atoms with Crippen molar-refractivity contribution in [1.29, 1.82) is 0 Å². The van der Waals surface area contributed by atoms with E-state index in [-0.39, 0.29) is 5.02 Å². The van der Waals surface area contributed by atoms with E-state index < -0.39 is 5.82 Å². The van der Waals surface area contributed by atoms with Gasteiger partial charge in [0.25, 0.3) is 0 Å². The minimum atomic E-state index is -0.432. The number of alkyl halides is 1. The molecule has 5 heteroatoms. The number of hydrogen-bond donors (Lipinski definition) is 0. The monoisotopic (exact) mass is 300 g/mol. The highest BCUT2D eigenvalue weighted by molar-refractivity contribution is 6.31. The second-order valence-corrected chi connectivity index (χ2v) is 5.83. The van der Waals surface area contributed by atoms with Crippen molar-refractivity contribution < 1.29 is 4.39 Å². The standard InChI is InChI=1S/C14H15Cl2FN2/c15-8-14-18-12-7-11(17)10(16)6-13(12)19(14)5-4-9-2-1-3-9/h6-7,9H,1-5,8H2. The summed E-state index contributed by atoms with van der Waals surface area (Å²) in [5.74, 6) is 1.51. The minimum Gasteiger partial charge on any atom is -0.327 e. The van der Waals surface area contributed by atoms with E-state index >= 15 is 0 Å². The van der Waals surface area contributed by atoms with Gasteiger partial charge in [0, 0.05) is 12.6 Å². The second kappa shape index (κ2) is 5.29. The maximum Gasteiger partial charge on any atom is 0.144 e. The highest BCUT2D eigenvalue weighted by Gasteiger charge is 2.19. The van der Waals surface area contributed by atoms with Crippen molar-refractivity contribution in [3.63, 3.8) is 0 Å². The smallest absolute Gasteiger partial charge is 0.144 e. The van der Waals surface area contributed by atoms with Crippen molar-refractivity contribution in [2.75, 3.05) is 0 Å². The fourth-order valence-corrected chi connectivity index (χ4v) is 2.98. The third-order valence-corrected chi connectivity index (χ3v) is 4.50. The molecule has 1 saturated carbocycles. The summed E-state index contributed by atoms with van der Waals surface area (Å²) in [7, 11) is 0. The van der Waals surface area contributed by atoms with E-state index in [1.165, 1.54) is 25.3 Å². The summed E-state index contributed by atoms with van der Waals surface area (Å²) in [6, 6.07) is 3.03. The fourth-order valence-electron chi connectivity index (χ4n) is 2.61. The van der Waals surface area contributed by atoms with E-state index in [0.29, 0.717) is 11.4 Å². The molecule has 0 N–H and O–H groups in total. The number of aromatic nitrogens is 2. The Morgan fingerprint density at radius 2 is 2.16 bits per heavy atom. The highest BCUT2D eigenvalue weighted by Crippen LogP contribution is 2.31. The molecule has 0 amide bonds. The van der Waals surface area contributed by atoms with Crippen molar-refractivity contribution in [2.45, 2.75) is 38.1 Å². The first-order chi connectivity index (χ1) is 9.19. The molecule has 1 aromatic heterocycles. The molecule has 1 aliphatic rings. The molecule has 3 rings (SSSR count). The third kappa shape index (κ3) is 2.46. The van der Waals surface area contributed by atoms with E-state index in [1.807, 2.05) is 0 Å². The van der Waals surface area contributed by atoms with Gasteiger partial charge in [-0.25, -0.2) is 9.37 Å². The molecule has 0 atom stereocenters. The SMILES string of the molecule is Fc1cc2nc(CCl)n(CCC3CCC3)c2cc1Cl. The van der Waals surface area contributed by atoms with Gasteiger partial charge in [-0.3, -0.25) is 0 Å². The van der Waals surface area contributed by atoms with Gasteiger partial charge in [-0.2, -0.15) is 0 Å². The first kappa shape index (κ1) is 13.2. The normalized spacial score (nSPS) is 15.9. The lowest BCUT2D eigenvalue weighted by molar-refractivity contribution is 0.282. The summed E-state index contributed by atoms with van der Waals surface area (Å²) in [6.07, 6.45) is 5.11. The van der Waals surface area contributed by atoms with Gasteiger partial charge in [-0.15, -0.1) is 11.6 Å². The lowest BCUT2D eigenvalue weighted by Gasteiger charge is -2.25. The molecule has 1 heterocycles. The molecule has 2 aromatic rings. The maximum atomic E-state index is 13.5. The minimum absolute atomic E-state index is 0.137. The van der Waals surface area contributed by atoms with E-state index in [1.54, 1.807) is 6.07 Å². The van der Waals surface area contributed by atoms with Crippen LogP contribution in [-0.2, 0) is 12.4 Å². The predicted octanol–water partition coefficient (Wildman–Crippen LogP) is 4.76. The predicted molar refractivity (Wildman–Crippen MR) is 76.2 cm³/mol. The van der Waals surface area contributed by atoms with Gasteiger partial charge in [0.1, 0.15) is 11.6 Å². The van der Waals surface area contributed by atoms with Crippen LogP contribution in [0.25, 0.3) is 11.0 Å². The number of imidazole rings is 1. The third-order valence-electron chi connectivity index (χ3n) is 3.97. The van der Waals surface area contributed by atoms with E-state index in [2.05, 4.69) is 9.55 Å². The number of halogens is 3. The molecule has 1 aromatic carbocycles. The Morgan fingerprint density at radius 3 is 2.79 bits per heavy atom. The summed E-state index contributed by atoms with van der Waals surface area (Å²) in [4.78, 5) is 4.39. The summed E-state index contributed by atoms with van der Waals surface area (Å²) in [6.45, 7) is 0.880. The summed E-state index contributed by atoms with van der Waals surface area (Å²) in [5, 5.41) is 0.137. The number of fused-ring (bicyclic) bond motifs is 1. The van der Waals surface area contributed by atoms with Gasteiger partial charge in [0.2, 0.25) is 0 Å². The summed E-state index contributed by atoms with van der Waals surface area (Å²) in [5.41, 5.74) is 1.51. The Kier molecular flexibility index (Phi) is 3.68. The molecule has 19 heavy (non-hydrogen) atoms. The number of aryl methyl sites for hydroxylation is 1. The molecule has 0 radical (unpaired) electrons. The van der Waals surface area contributed by atoms with Gasteiger partial charge in [0.15, 0.2) is 0 Å². The van der Waals surface area contributed by atoms with Gasteiger partial charge < -0.3 is 4.57 Å². The quantitative estimate of drug-likeness (QED) is 0.745. The number of nitrogens with zero attached hydrogens (tertiary/aromatic N) is 2. The zero-order valence-corrected chi connectivity index (χ0v) is 12.0. The number of hydrogen-bond acceptors (Lipinski definition) is 1. The second-order valence-electron chi connectivity index (χ2n) is 5.15. The van der Waals surface area contributed by atoms with Gasteiger partial charge in [-0.05, 0) is 18.4 Å². The van der Waals surface area contributed by atoms with Crippen molar-refractivity contribution in [2.24, 2.45) is 5.92 Å². The topological polar surface area (TPSA) is 17.8 Å². The number of benzene rings is 1. The van der Waals surface area contributed by atoms with Crippen molar-refractivity contribution in [3.05, 3.63) is 28.8 Å². The average molecular weight is 301 g/mol. The van der Waals surface area contributed by atoms with Gasteiger partial charge in [-0.1, -0.05) is 30.9 Å². The van der Waals surface area contributed by atoms with Crippen LogP contribution in [-0.4, -0.2) is 9.55 Å². The Balaban J connectivity index is 1.96. The Labute approximate surface area is 121 Å².